The molecular formula is C26H31FN4O3. The second-order valence-electron chi connectivity index (χ2n) is 9.36. The summed E-state index contributed by atoms with van der Waals surface area (Å²) in [7, 11) is 1.60. The molecule has 0 aliphatic heterocycles. The van der Waals surface area contributed by atoms with Gasteiger partial charge < -0.3 is 15.0 Å². The summed E-state index contributed by atoms with van der Waals surface area (Å²) in [6, 6.07) is 14.2. The van der Waals surface area contributed by atoms with E-state index in [-0.39, 0.29) is 29.8 Å². The number of anilines is 1. The quantitative estimate of drug-likeness (QED) is 0.542. The lowest BCUT2D eigenvalue weighted by molar-refractivity contribution is -0.117. The van der Waals surface area contributed by atoms with E-state index in [9.17, 15) is 14.0 Å². The molecule has 34 heavy (non-hydrogen) atoms. The molecule has 2 aromatic carbocycles. The lowest BCUT2D eigenvalue weighted by atomic mass is 9.92. The highest BCUT2D eigenvalue weighted by Crippen LogP contribution is 2.27. The molecule has 3 rings (SSSR count). The topological polar surface area (TPSA) is 76.5 Å². The highest BCUT2D eigenvalue weighted by atomic mass is 19.1. The Labute approximate surface area is 199 Å². The first kappa shape index (κ1) is 25.0. The first-order valence-electron chi connectivity index (χ1n) is 11.1. The van der Waals surface area contributed by atoms with E-state index < -0.39 is 5.82 Å². The van der Waals surface area contributed by atoms with Crippen molar-refractivity contribution in [2.24, 2.45) is 0 Å². The Bertz CT molecular complexity index is 1150. The summed E-state index contributed by atoms with van der Waals surface area (Å²) in [6.45, 7) is 9.62. The van der Waals surface area contributed by atoms with Gasteiger partial charge in [0.2, 0.25) is 5.91 Å². The molecular weight excluding hydrogens is 435 g/mol. The number of carbonyl (C=O) groups excluding carboxylic acids is 2. The third kappa shape index (κ3) is 5.81. The molecule has 0 saturated carbocycles. The van der Waals surface area contributed by atoms with Crippen LogP contribution in [0.5, 0.6) is 5.75 Å². The Kier molecular flexibility index (Phi) is 7.39. The molecule has 180 valence electrons. The van der Waals surface area contributed by atoms with Gasteiger partial charge >= 0.3 is 0 Å². The Morgan fingerprint density at radius 1 is 1.09 bits per heavy atom. The third-order valence-corrected chi connectivity index (χ3v) is 5.35. The Hall–Kier alpha value is -3.68. The molecule has 1 N–H and O–H groups in total. The maximum Gasteiger partial charge on any atom is 0.254 e. The van der Waals surface area contributed by atoms with Gasteiger partial charge in [0.25, 0.3) is 5.91 Å². The number of nitrogens with one attached hydrogen (secondary N) is 1. The Balaban J connectivity index is 1.86. The standard InChI is InChI=1S/C26H31FN4O3/c1-17(2)30(25(33)18-7-9-19(27)10-8-18)16-24(32)28-23-15-22(26(3,4)5)29-31(23)20-11-13-21(34-6)14-12-20/h7-15,17H,16H2,1-6H3,(H,28,32). The van der Waals surface area contributed by atoms with Gasteiger partial charge in [0.15, 0.2) is 0 Å². The lowest BCUT2D eigenvalue weighted by Gasteiger charge is -2.26. The minimum Gasteiger partial charge on any atom is -0.497 e. The number of aromatic nitrogens is 2. The number of methoxy groups -OCH3 is 1. The summed E-state index contributed by atoms with van der Waals surface area (Å²) in [5.74, 6) is 0.0813. The van der Waals surface area contributed by atoms with Crippen LogP contribution in [-0.4, -0.2) is 46.2 Å². The SMILES string of the molecule is COc1ccc(-n2nc(C(C)(C)C)cc2NC(=O)CN(C(=O)c2ccc(F)cc2)C(C)C)cc1. The number of benzene rings is 2. The molecule has 0 spiro atoms. The van der Waals surface area contributed by atoms with Gasteiger partial charge in [-0.25, -0.2) is 9.07 Å². The van der Waals surface area contributed by atoms with Crippen LogP contribution in [-0.2, 0) is 10.2 Å². The molecule has 0 radical (unpaired) electrons. The molecule has 0 aliphatic rings. The number of halogens is 1. The predicted octanol–water partition coefficient (Wildman–Crippen LogP) is 4.81. The van der Waals surface area contributed by atoms with Gasteiger partial charge in [0.05, 0.1) is 18.5 Å². The van der Waals surface area contributed by atoms with Crippen LogP contribution in [0.3, 0.4) is 0 Å². The van der Waals surface area contributed by atoms with Gasteiger partial charge in [0, 0.05) is 23.1 Å². The van der Waals surface area contributed by atoms with Crippen LogP contribution in [0.4, 0.5) is 10.2 Å². The maximum atomic E-state index is 13.3. The van der Waals surface area contributed by atoms with Crippen LogP contribution in [0.15, 0.2) is 54.6 Å². The van der Waals surface area contributed by atoms with Crippen molar-refractivity contribution < 1.29 is 18.7 Å². The van der Waals surface area contributed by atoms with E-state index in [1.54, 1.807) is 11.8 Å². The van der Waals surface area contributed by atoms with E-state index in [0.717, 1.165) is 11.4 Å². The van der Waals surface area contributed by atoms with Crippen LogP contribution in [0, 0.1) is 5.82 Å². The molecule has 0 unspecified atom stereocenters. The van der Waals surface area contributed by atoms with Crippen LogP contribution in [0.2, 0.25) is 0 Å². The Morgan fingerprint density at radius 2 is 1.71 bits per heavy atom. The summed E-state index contributed by atoms with van der Waals surface area (Å²) in [6.07, 6.45) is 0. The molecule has 0 aliphatic carbocycles. The zero-order valence-corrected chi connectivity index (χ0v) is 20.4. The van der Waals surface area contributed by atoms with Crippen molar-refractivity contribution in [3.63, 3.8) is 0 Å². The average Bonchev–Trinajstić information content (AvgIpc) is 3.21. The van der Waals surface area contributed by atoms with Crippen molar-refractivity contribution in [3.05, 3.63) is 71.7 Å². The van der Waals surface area contributed by atoms with Crippen molar-refractivity contribution in [1.82, 2.24) is 14.7 Å². The van der Waals surface area contributed by atoms with E-state index >= 15 is 0 Å². The normalized spacial score (nSPS) is 11.4. The molecule has 1 aromatic heterocycles. The van der Waals surface area contributed by atoms with Gasteiger partial charge in [-0.1, -0.05) is 20.8 Å². The second kappa shape index (κ2) is 10.1. The van der Waals surface area contributed by atoms with Crippen LogP contribution >= 0.6 is 0 Å². The van der Waals surface area contributed by atoms with E-state index in [0.29, 0.717) is 17.1 Å². The number of hydrogen-bond donors (Lipinski definition) is 1. The van der Waals surface area contributed by atoms with E-state index in [4.69, 9.17) is 9.84 Å². The Morgan fingerprint density at radius 3 is 2.24 bits per heavy atom. The average molecular weight is 467 g/mol. The van der Waals surface area contributed by atoms with Gasteiger partial charge in [-0.15, -0.1) is 0 Å². The minimum absolute atomic E-state index is 0.160. The molecule has 2 amide bonds. The van der Waals surface area contributed by atoms with E-state index in [1.165, 1.54) is 29.2 Å². The van der Waals surface area contributed by atoms with Crippen LogP contribution < -0.4 is 10.1 Å². The third-order valence-electron chi connectivity index (χ3n) is 5.35. The van der Waals surface area contributed by atoms with Gasteiger partial charge in [-0.2, -0.15) is 5.10 Å². The van der Waals surface area contributed by atoms with Gasteiger partial charge in [-0.05, 0) is 62.4 Å². The first-order valence-corrected chi connectivity index (χ1v) is 11.1. The predicted molar refractivity (Wildman–Crippen MR) is 130 cm³/mol. The molecule has 0 atom stereocenters. The minimum atomic E-state index is -0.424. The van der Waals surface area contributed by atoms with Crippen molar-refractivity contribution in [3.8, 4) is 11.4 Å². The van der Waals surface area contributed by atoms with Crippen molar-refractivity contribution in [2.45, 2.75) is 46.1 Å². The molecule has 7 nitrogen and oxygen atoms in total. The van der Waals surface area contributed by atoms with Gasteiger partial charge in [-0.3, -0.25) is 9.59 Å². The number of ether oxygens (including phenoxy) is 1. The first-order chi connectivity index (χ1) is 16.0. The van der Waals surface area contributed by atoms with E-state index in [1.807, 2.05) is 65.0 Å². The summed E-state index contributed by atoms with van der Waals surface area (Å²) >= 11 is 0. The summed E-state index contributed by atoms with van der Waals surface area (Å²) in [4.78, 5) is 27.4. The number of carbonyl (C=O) groups is 2. The molecule has 0 fully saturated rings. The fourth-order valence-corrected chi connectivity index (χ4v) is 3.34. The highest BCUT2D eigenvalue weighted by Gasteiger charge is 2.25. The van der Waals surface area contributed by atoms with Crippen LogP contribution in [0.1, 0.15) is 50.7 Å². The molecule has 1 heterocycles. The monoisotopic (exact) mass is 466 g/mol. The maximum absolute atomic E-state index is 13.3. The molecule has 0 saturated heterocycles. The number of amides is 2. The van der Waals surface area contributed by atoms with Crippen molar-refractivity contribution in [1.29, 1.82) is 0 Å². The van der Waals surface area contributed by atoms with Crippen molar-refractivity contribution >= 4 is 17.6 Å². The summed E-state index contributed by atoms with van der Waals surface area (Å²) < 4.78 is 20.2. The fourth-order valence-electron chi connectivity index (χ4n) is 3.34. The van der Waals surface area contributed by atoms with Crippen molar-refractivity contribution in [2.75, 3.05) is 19.0 Å². The fraction of sp³-hybridized carbons (Fsp3) is 0.346. The van der Waals surface area contributed by atoms with Gasteiger partial charge in [0.1, 0.15) is 23.9 Å². The lowest BCUT2D eigenvalue weighted by Crippen LogP contribution is -2.42. The zero-order chi connectivity index (χ0) is 25.0. The molecule has 8 heteroatoms. The number of nitrogens with zero attached hydrogens (tertiary/aromatic N) is 3. The summed E-state index contributed by atoms with van der Waals surface area (Å²) in [5.41, 5.74) is 1.65. The number of rotatable bonds is 7. The number of hydrogen-bond acceptors (Lipinski definition) is 4. The highest BCUT2D eigenvalue weighted by molar-refractivity contribution is 5.99. The smallest absolute Gasteiger partial charge is 0.254 e. The van der Waals surface area contributed by atoms with Crippen LogP contribution in [0.25, 0.3) is 5.69 Å². The largest absolute Gasteiger partial charge is 0.497 e. The summed E-state index contributed by atoms with van der Waals surface area (Å²) in [5, 5.41) is 7.62. The molecule has 0 bridgehead atoms. The van der Waals surface area contributed by atoms with E-state index in [2.05, 4.69) is 5.32 Å². The zero-order valence-electron chi connectivity index (χ0n) is 20.4. The molecule has 3 aromatic rings. The second-order valence-corrected chi connectivity index (χ2v) is 9.36.